The van der Waals surface area contributed by atoms with Crippen molar-refractivity contribution in [2.24, 2.45) is 5.41 Å². The van der Waals surface area contributed by atoms with Crippen LogP contribution < -0.4 is 14.4 Å². The van der Waals surface area contributed by atoms with Crippen LogP contribution in [0.25, 0.3) is 6.08 Å². The van der Waals surface area contributed by atoms with Crippen molar-refractivity contribution in [3.05, 3.63) is 129 Å². The van der Waals surface area contributed by atoms with Crippen LogP contribution in [0.3, 0.4) is 0 Å². The van der Waals surface area contributed by atoms with Gasteiger partial charge in [0, 0.05) is 33.3 Å². The van der Waals surface area contributed by atoms with E-state index in [4.69, 9.17) is 21.1 Å². The summed E-state index contributed by atoms with van der Waals surface area (Å²) in [6, 6.07) is 23.6. The number of halogens is 1. The molecule has 0 amide bonds. The van der Waals surface area contributed by atoms with Crippen molar-refractivity contribution < 1.29 is 23.9 Å². The maximum absolute atomic E-state index is 14.8. The van der Waals surface area contributed by atoms with E-state index in [-0.39, 0.29) is 17.3 Å². The molecule has 4 aromatic rings. The Kier molecular flexibility index (Phi) is 6.29. The summed E-state index contributed by atoms with van der Waals surface area (Å²) in [6.45, 7) is 1.96. The van der Waals surface area contributed by atoms with Gasteiger partial charge in [0.15, 0.2) is 28.8 Å². The number of Topliss-reactive ketones (excluding diaryl/α,β-unsaturated/α-hetero) is 3. The number of aryl methyl sites for hydroxylation is 1. The lowest BCUT2D eigenvalue weighted by atomic mass is 9.64. The molecule has 6 nitrogen and oxygen atoms in total. The molecule has 3 atom stereocenters. The molecule has 4 aromatic carbocycles. The molecule has 2 heterocycles. The molecule has 2 aliphatic heterocycles. The van der Waals surface area contributed by atoms with Gasteiger partial charge in [-0.3, -0.25) is 14.4 Å². The molecule has 0 unspecified atom stereocenters. The Balaban J connectivity index is 1.55. The first-order chi connectivity index (χ1) is 20.8. The molecular formula is C36H28ClNO5. The summed E-state index contributed by atoms with van der Waals surface area (Å²) in [7, 11) is 3.08. The van der Waals surface area contributed by atoms with Gasteiger partial charge in [-0.25, -0.2) is 0 Å². The summed E-state index contributed by atoms with van der Waals surface area (Å²) in [5.41, 5.74) is 2.83. The van der Waals surface area contributed by atoms with Crippen LogP contribution in [0.2, 0.25) is 5.02 Å². The van der Waals surface area contributed by atoms with Gasteiger partial charge >= 0.3 is 0 Å². The lowest BCUT2D eigenvalue weighted by molar-refractivity contribution is 0.0665. The van der Waals surface area contributed by atoms with Gasteiger partial charge in [-0.15, -0.1) is 0 Å². The number of ketones is 3. The van der Waals surface area contributed by atoms with E-state index in [1.54, 1.807) is 61.7 Å². The lowest BCUT2D eigenvalue weighted by Crippen LogP contribution is -2.48. The van der Waals surface area contributed by atoms with Gasteiger partial charge in [0.1, 0.15) is 11.5 Å². The Hall–Kier alpha value is -4.68. The highest BCUT2D eigenvalue weighted by Crippen LogP contribution is 2.61. The Morgan fingerprint density at radius 3 is 2.16 bits per heavy atom. The second-order valence-corrected chi connectivity index (χ2v) is 11.7. The minimum atomic E-state index is -1.61. The standard InChI is InChI=1S/C36H28ClNO5/c1-20-8-10-21(11-9-20)33(39)32-31(23-12-16-28(42-2)29(19-23)43-3)36(34(40)25-6-4-5-7-26(25)35(36)41)30-17-13-22-18-24(37)14-15-27(22)38(30)32/h4-19,30-32H,1-3H3/t30-,31+,32-/m1/s1. The summed E-state index contributed by atoms with van der Waals surface area (Å²) in [4.78, 5) is 46.4. The number of hydrogen-bond donors (Lipinski definition) is 0. The zero-order valence-corrected chi connectivity index (χ0v) is 24.6. The third-order valence-corrected chi connectivity index (χ3v) is 9.37. The maximum atomic E-state index is 14.8. The van der Waals surface area contributed by atoms with E-state index in [0.717, 1.165) is 16.8 Å². The molecule has 7 heteroatoms. The average Bonchev–Trinajstić information content (AvgIpc) is 3.46. The van der Waals surface area contributed by atoms with Crippen LogP contribution in [0.5, 0.6) is 11.5 Å². The van der Waals surface area contributed by atoms with Crippen LogP contribution in [0.15, 0.2) is 91.0 Å². The number of benzene rings is 4. The van der Waals surface area contributed by atoms with E-state index in [2.05, 4.69) is 0 Å². The number of hydrogen-bond acceptors (Lipinski definition) is 6. The van der Waals surface area contributed by atoms with E-state index in [1.807, 2.05) is 54.3 Å². The molecule has 43 heavy (non-hydrogen) atoms. The van der Waals surface area contributed by atoms with Crippen LogP contribution in [0.4, 0.5) is 5.69 Å². The first-order valence-electron chi connectivity index (χ1n) is 14.1. The molecule has 1 spiro atoms. The molecule has 7 rings (SSSR count). The van der Waals surface area contributed by atoms with Crippen molar-refractivity contribution in [3.63, 3.8) is 0 Å². The SMILES string of the molecule is COc1ccc([C@H]2[C@H](C(=O)c3ccc(C)cc3)N3c4ccc(Cl)cc4C=C[C@@H]3C23C(=O)c2ccccc2C3=O)cc1OC. The number of ether oxygens (including phenoxy) is 2. The molecule has 0 aromatic heterocycles. The number of anilines is 1. The quantitative estimate of drug-likeness (QED) is 0.185. The monoisotopic (exact) mass is 589 g/mol. The lowest BCUT2D eigenvalue weighted by Gasteiger charge is -2.37. The van der Waals surface area contributed by atoms with Crippen LogP contribution in [-0.2, 0) is 0 Å². The Bertz CT molecular complexity index is 1830. The number of nitrogens with zero attached hydrogens (tertiary/aromatic N) is 1. The second-order valence-electron chi connectivity index (χ2n) is 11.3. The molecular weight excluding hydrogens is 562 g/mol. The van der Waals surface area contributed by atoms with E-state index < -0.39 is 23.4 Å². The van der Waals surface area contributed by atoms with Crippen molar-refractivity contribution in [1.29, 1.82) is 0 Å². The molecule has 214 valence electrons. The zero-order valence-electron chi connectivity index (χ0n) is 23.8. The fraction of sp³-hybridized carbons (Fsp3) is 0.194. The molecule has 0 bridgehead atoms. The molecule has 0 radical (unpaired) electrons. The average molecular weight is 590 g/mol. The van der Waals surface area contributed by atoms with Gasteiger partial charge in [-0.2, -0.15) is 0 Å². The van der Waals surface area contributed by atoms with Gasteiger partial charge in [-0.05, 0) is 48.4 Å². The third-order valence-electron chi connectivity index (χ3n) is 9.14. The van der Waals surface area contributed by atoms with Gasteiger partial charge in [0.2, 0.25) is 0 Å². The van der Waals surface area contributed by atoms with E-state index in [9.17, 15) is 14.4 Å². The summed E-state index contributed by atoms with van der Waals surface area (Å²) < 4.78 is 11.2. The highest BCUT2D eigenvalue weighted by molar-refractivity contribution is 6.32. The first kappa shape index (κ1) is 27.2. The van der Waals surface area contributed by atoms with E-state index in [1.165, 1.54) is 7.11 Å². The molecule has 0 saturated carbocycles. The Morgan fingerprint density at radius 2 is 1.51 bits per heavy atom. The molecule has 1 aliphatic carbocycles. The van der Waals surface area contributed by atoms with Crippen LogP contribution >= 0.6 is 11.6 Å². The van der Waals surface area contributed by atoms with Gasteiger partial charge < -0.3 is 14.4 Å². The highest BCUT2D eigenvalue weighted by Gasteiger charge is 2.71. The number of rotatable bonds is 5. The first-order valence-corrected chi connectivity index (χ1v) is 14.5. The van der Waals surface area contributed by atoms with E-state index in [0.29, 0.717) is 38.8 Å². The van der Waals surface area contributed by atoms with Crippen molar-refractivity contribution in [2.45, 2.75) is 24.9 Å². The minimum absolute atomic E-state index is 0.186. The summed E-state index contributed by atoms with van der Waals surface area (Å²) in [5, 5.41) is 0.550. The third kappa shape index (κ3) is 3.76. The maximum Gasteiger partial charge on any atom is 0.185 e. The van der Waals surface area contributed by atoms with E-state index >= 15 is 0 Å². The number of carbonyl (C=O) groups excluding carboxylic acids is 3. The fourth-order valence-electron chi connectivity index (χ4n) is 7.26. The van der Waals surface area contributed by atoms with Crippen LogP contribution in [-0.4, -0.2) is 43.7 Å². The normalized spacial score (nSPS) is 21.0. The smallest absolute Gasteiger partial charge is 0.185 e. The fourth-order valence-corrected chi connectivity index (χ4v) is 7.44. The predicted octanol–water partition coefficient (Wildman–Crippen LogP) is 6.98. The van der Waals surface area contributed by atoms with Gasteiger partial charge in [0.05, 0.1) is 20.3 Å². The zero-order chi connectivity index (χ0) is 30.0. The Morgan fingerprint density at radius 1 is 0.837 bits per heavy atom. The predicted molar refractivity (Wildman–Crippen MR) is 166 cm³/mol. The van der Waals surface area contributed by atoms with Gasteiger partial charge in [0.25, 0.3) is 0 Å². The topological polar surface area (TPSA) is 72.9 Å². The van der Waals surface area contributed by atoms with Crippen molar-refractivity contribution >= 4 is 40.7 Å². The largest absolute Gasteiger partial charge is 0.493 e. The van der Waals surface area contributed by atoms with Crippen LogP contribution in [0, 0.1) is 12.3 Å². The van der Waals surface area contributed by atoms with Crippen molar-refractivity contribution in [1.82, 2.24) is 0 Å². The molecule has 3 aliphatic rings. The summed E-state index contributed by atoms with van der Waals surface area (Å²) in [6.07, 6.45) is 3.79. The van der Waals surface area contributed by atoms with Crippen molar-refractivity contribution in [2.75, 3.05) is 19.1 Å². The van der Waals surface area contributed by atoms with Gasteiger partial charge in [-0.1, -0.05) is 83.9 Å². The highest BCUT2D eigenvalue weighted by atomic mass is 35.5. The summed E-state index contributed by atoms with van der Waals surface area (Å²) in [5.74, 6) is -0.670. The second kappa shape index (κ2) is 9.96. The molecule has 1 fully saturated rings. The molecule has 1 saturated heterocycles. The number of methoxy groups -OCH3 is 2. The minimum Gasteiger partial charge on any atom is -0.493 e. The number of fused-ring (bicyclic) bond motifs is 5. The summed E-state index contributed by atoms with van der Waals surface area (Å²) >= 11 is 6.39. The Labute approximate surface area is 254 Å². The van der Waals surface area contributed by atoms with Crippen LogP contribution in [0.1, 0.15) is 53.7 Å². The number of carbonyl (C=O) groups is 3. The van der Waals surface area contributed by atoms with Crippen molar-refractivity contribution in [3.8, 4) is 11.5 Å². The molecule has 0 N–H and O–H groups in total.